The van der Waals surface area contributed by atoms with Crippen LogP contribution in [0.15, 0.2) is 78.9 Å². The van der Waals surface area contributed by atoms with E-state index in [1.165, 1.54) is 30.4 Å². The van der Waals surface area contributed by atoms with Gasteiger partial charge in [-0.2, -0.15) is 0 Å². The largest absolute Gasteiger partial charge is 0.371 e. The summed E-state index contributed by atoms with van der Waals surface area (Å²) in [5.74, 6) is 0.385. The molecule has 5 heteroatoms. The maximum absolute atomic E-state index is 13.2. The Morgan fingerprint density at radius 2 is 1.38 bits per heavy atom. The molecule has 1 saturated heterocycles. The first-order chi connectivity index (χ1) is 18.2. The van der Waals surface area contributed by atoms with Crippen molar-refractivity contribution in [2.24, 2.45) is 5.92 Å². The molecule has 0 spiro atoms. The number of carbonyl (C=O) groups excluding carboxylic acids is 2. The molecule has 0 aromatic heterocycles. The van der Waals surface area contributed by atoms with E-state index in [1.54, 1.807) is 0 Å². The topological polar surface area (TPSA) is 61.4 Å². The second kappa shape index (κ2) is 12.1. The second-order valence-electron chi connectivity index (χ2n) is 10.4. The van der Waals surface area contributed by atoms with Crippen LogP contribution in [-0.2, 0) is 11.3 Å². The fraction of sp³-hybridized carbons (Fsp3) is 0.375. The Bertz CT molecular complexity index is 1180. The number of carbonyl (C=O) groups is 2. The van der Waals surface area contributed by atoms with Gasteiger partial charge in [-0.05, 0) is 54.5 Å². The number of hydrogen-bond donors (Lipinski definition) is 2. The minimum Gasteiger partial charge on any atom is -0.371 e. The van der Waals surface area contributed by atoms with Crippen molar-refractivity contribution in [3.8, 4) is 11.1 Å². The molecule has 2 aliphatic rings. The number of piperidine rings is 1. The monoisotopic (exact) mass is 495 g/mol. The Morgan fingerprint density at radius 3 is 2.11 bits per heavy atom. The Kier molecular flexibility index (Phi) is 8.19. The van der Waals surface area contributed by atoms with Gasteiger partial charge in [0.15, 0.2) is 0 Å². The molecule has 2 fully saturated rings. The fourth-order valence-corrected chi connectivity index (χ4v) is 5.61. The number of nitrogens with one attached hydrogen (secondary N) is 2. The van der Waals surface area contributed by atoms with Crippen molar-refractivity contribution in [3.05, 3.63) is 90.0 Å². The summed E-state index contributed by atoms with van der Waals surface area (Å²) in [7, 11) is 0. The van der Waals surface area contributed by atoms with E-state index in [9.17, 15) is 9.59 Å². The third-order valence-electron chi connectivity index (χ3n) is 7.82. The zero-order valence-electron chi connectivity index (χ0n) is 21.5. The van der Waals surface area contributed by atoms with Gasteiger partial charge in [-0.25, -0.2) is 0 Å². The third-order valence-corrected chi connectivity index (χ3v) is 7.82. The number of nitrogens with zero attached hydrogens (tertiary/aromatic N) is 1. The van der Waals surface area contributed by atoms with E-state index in [0.717, 1.165) is 50.0 Å². The Labute approximate surface area is 220 Å². The van der Waals surface area contributed by atoms with E-state index in [0.29, 0.717) is 12.1 Å². The molecule has 2 amide bonds. The van der Waals surface area contributed by atoms with Crippen molar-refractivity contribution in [1.82, 2.24) is 10.6 Å². The molecule has 37 heavy (non-hydrogen) atoms. The molecule has 3 aromatic rings. The number of amides is 2. The molecule has 0 atom stereocenters. The highest BCUT2D eigenvalue weighted by molar-refractivity contribution is 5.99. The number of benzene rings is 3. The van der Waals surface area contributed by atoms with Crippen LogP contribution in [0.25, 0.3) is 11.1 Å². The van der Waals surface area contributed by atoms with Crippen molar-refractivity contribution in [1.29, 1.82) is 0 Å². The predicted octanol–water partition coefficient (Wildman–Crippen LogP) is 5.95. The van der Waals surface area contributed by atoms with Gasteiger partial charge in [0.05, 0.1) is 5.56 Å². The molecule has 1 heterocycles. The lowest BCUT2D eigenvalue weighted by atomic mass is 9.88. The minimum atomic E-state index is -0.0598. The Hall–Kier alpha value is -3.60. The van der Waals surface area contributed by atoms with Gasteiger partial charge in [0.25, 0.3) is 5.91 Å². The molecule has 5 nitrogen and oxygen atoms in total. The summed E-state index contributed by atoms with van der Waals surface area (Å²) in [6, 6.07) is 26.7. The molecular weight excluding hydrogens is 458 g/mol. The molecule has 0 bridgehead atoms. The number of hydrogen-bond acceptors (Lipinski definition) is 3. The van der Waals surface area contributed by atoms with E-state index in [-0.39, 0.29) is 23.8 Å². The van der Waals surface area contributed by atoms with Crippen LogP contribution < -0.4 is 15.5 Å². The highest BCUT2D eigenvalue weighted by Gasteiger charge is 2.27. The lowest BCUT2D eigenvalue weighted by Gasteiger charge is -2.35. The van der Waals surface area contributed by atoms with E-state index in [1.807, 2.05) is 42.5 Å². The molecule has 1 aliphatic carbocycles. The standard InChI is InChI=1S/C32H37N3O2/c36-31(27-11-5-2-6-12-27)34-28-19-21-35(22-20-28)30-14-8-7-13-29(30)32(37)33-23-24-15-17-26(18-16-24)25-9-3-1-4-10-25/h1,3-4,7-10,13-18,27-28H,2,5-6,11-12,19-23H2,(H,33,37)(H,34,36). The fourth-order valence-electron chi connectivity index (χ4n) is 5.61. The van der Waals surface area contributed by atoms with Crippen LogP contribution in [0.4, 0.5) is 5.69 Å². The SMILES string of the molecule is O=C(NCc1ccc(-c2ccccc2)cc1)c1ccccc1N1CCC(NC(=O)C2CCCCC2)CC1. The predicted molar refractivity (Wildman–Crippen MR) is 149 cm³/mol. The van der Waals surface area contributed by atoms with Crippen molar-refractivity contribution in [2.45, 2.75) is 57.5 Å². The van der Waals surface area contributed by atoms with Crippen molar-refractivity contribution in [2.75, 3.05) is 18.0 Å². The van der Waals surface area contributed by atoms with E-state index in [2.05, 4.69) is 51.9 Å². The van der Waals surface area contributed by atoms with Gasteiger partial charge in [0.2, 0.25) is 5.91 Å². The lowest BCUT2D eigenvalue weighted by Crippen LogP contribution is -2.47. The van der Waals surface area contributed by atoms with Crippen molar-refractivity contribution < 1.29 is 9.59 Å². The Balaban J connectivity index is 1.15. The van der Waals surface area contributed by atoms with Crippen LogP contribution in [0.2, 0.25) is 0 Å². The average molecular weight is 496 g/mol. The smallest absolute Gasteiger partial charge is 0.253 e. The molecule has 2 N–H and O–H groups in total. The quantitative estimate of drug-likeness (QED) is 0.426. The molecule has 3 aromatic carbocycles. The van der Waals surface area contributed by atoms with E-state index < -0.39 is 0 Å². The molecule has 5 rings (SSSR count). The van der Waals surface area contributed by atoms with Crippen LogP contribution >= 0.6 is 0 Å². The molecule has 0 unspecified atom stereocenters. The van der Waals surface area contributed by atoms with Gasteiger partial charge in [0, 0.05) is 37.3 Å². The summed E-state index contributed by atoms with van der Waals surface area (Å²) >= 11 is 0. The van der Waals surface area contributed by atoms with Gasteiger partial charge in [-0.15, -0.1) is 0 Å². The highest BCUT2D eigenvalue weighted by atomic mass is 16.2. The third kappa shape index (κ3) is 6.40. The zero-order chi connectivity index (χ0) is 25.5. The first-order valence-electron chi connectivity index (χ1n) is 13.7. The summed E-state index contributed by atoms with van der Waals surface area (Å²) in [4.78, 5) is 28.1. The van der Waals surface area contributed by atoms with Crippen LogP contribution in [-0.4, -0.2) is 30.9 Å². The minimum absolute atomic E-state index is 0.0598. The van der Waals surface area contributed by atoms with Crippen LogP contribution in [0.1, 0.15) is 60.9 Å². The van der Waals surface area contributed by atoms with E-state index >= 15 is 0 Å². The number of rotatable bonds is 7. The molecule has 0 radical (unpaired) electrons. The molecule has 1 saturated carbocycles. The second-order valence-corrected chi connectivity index (χ2v) is 10.4. The van der Waals surface area contributed by atoms with Crippen LogP contribution in [0.3, 0.4) is 0 Å². The van der Waals surface area contributed by atoms with Gasteiger partial charge in [0.1, 0.15) is 0 Å². The molecule has 192 valence electrons. The van der Waals surface area contributed by atoms with E-state index in [4.69, 9.17) is 0 Å². The average Bonchev–Trinajstić information content (AvgIpc) is 2.97. The van der Waals surface area contributed by atoms with Gasteiger partial charge in [-0.3, -0.25) is 9.59 Å². The summed E-state index contributed by atoms with van der Waals surface area (Å²) in [6.07, 6.45) is 7.48. The number of para-hydroxylation sites is 1. The summed E-state index contributed by atoms with van der Waals surface area (Å²) < 4.78 is 0. The summed E-state index contributed by atoms with van der Waals surface area (Å²) in [5.41, 5.74) is 5.09. The number of anilines is 1. The molecule has 1 aliphatic heterocycles. The Morgan fingerprint density at radius 1 is 0.730 bits per heavy atom. The van der Waals surface area contributed by atoms with Gasteiger partial charge >= 0.3 is 0 Å². The van der Waals surface area contributed by atoms with Gasteiger partial charge in [-0.1, -0.05) is 86.0 Å². The van der Waals surface area contributed by atoms with Crippen molar-refractivity contribution >= 4 is 17.5 Å². The lowest BCUT2D eigenvalue weighted by molar-refractivity contribution is -0.126. The summed E-state index contributed by atoms with van der Waals surface area (Å²) in [6.45, 7) is 2.15. The molecular formula is C32H37N3O2. The normalized spacial score (nSPS) is 16.8. The summed E-state index contributed by atoms with van der Waals surface area (Å²) in [5, 5.41) is 6.41. The van der Waals surface area contributed by atoms with Crippen LogP contribution in [0, 0.1) is 5.92 Å². The van der Waals surface area contributed by atoms with Crippen LogP contribution in [0.5, 0.6) is 0 Å². The highest BCUT2D eigenvalue weighted by Crippen LogP contribution is 2.27. The van der Waals surface area contributed by atoms with Crippen molar-refractivity contribution in [3.63, 3.8) is 0 Å². The first-order valence-corrected chi connectivity index (χ1v) is 13.7. The maximum Gasteiger partial charge on any atom is 0.253 e. The maximum atomic E-state index is 13.2. The first kappa shape index (κ1) is 25.1. The zero-order valence-corrected chi connectivity index (χ0v) is 21.5. The van der Waals surface area contributed by atoms with Gasteiger partial charge < -0.3 is 15.5 Å².